The second-order valence-corrected chi connectivity index (χ2v) is 3.70. The van der Waals surface area contributed by atoms with E-state index in [-0.39, 0.29) is 6.54 Å². The molecular weight excluding hydrogens is 236 g/mol. The highest BCUT2D eigenvalue weighted by molar-refractivity contribution is 7.03. The van der Waals surface area contributed by atoms with Crippen LogP contribution in [0.4, 0.5) is 14.5 Å². The molecule has 2 heterocycles. The molecule has 2 aromatic heterocycles. The van der Waals surface area contributed by atoms with Crippen molar-refractivity contribution < 1.29 is 8.78 Å². The van der Waals surface area contributed by atoms with Gasteiger partial charge < -0.3 is 5.32 Å². The molecule has 2 aromatic rings. The maximum Gasteiger partial charge on any atom is 0.257 e. The molecule has 0 saturated heterocycles. The van der Waals surface area contributed by atoms with E-state index in [9.17, 15) is 8.78 Å². The van der Waals surface area contributed by atoms with E-state index in [1.54, 1.807) is 0 Å². The van der Waals surface area contributed by atoms with Crippen molar-refractivity contribution >= 4 is 17.2 Å². The fraction of sp³-hybridized carbons (Fsp3) is 0.375. The smallest absolute Gasteiger partial charge is 0.257 e. The third kappa shape index (κ3) is 2.96. The van der Waals surface area contributed by atoms with Crippen molar-refractivity contribution in [3.05, 3.63) is 23.5 Å². The summed E-state index contributed by atoms with van der Waals surface area (Å²) in [5.74, 6) is 0. The Balaban J connectivity index is 1.88. The van der Waals surface area contributed by atoms with E-state index >= 15 is 0 Å². The number of aromatic nitrogens is 4. The zero-order chi connectivity index (χ0) is 11.4. The average Bonchev–Trinajstić information content (AvgIpc) is 2.84. The summed E-state index contributed by atoms with van der Waals surface area (Å²) in [5, 5.41) is 12.5. The van der Waals surface area contributed by atoms with Crippen LogP contribution in [0.3, 0.4) is 0 Å². The van der Waals surface area contributed by atoms with Gasteiger partial charge in [-0.05, 0) is 11.5 Å². The zero-order valence-electron chi connectivity index (χ0n) is 8.18. The fourth-order valence-electron chi connectivity index (χ4n) is 1.15. The molecule has 0 spiro atoms. The first-order chi connectivity index (χ1) is 7.74. The van der Waals surface area contributed by atoms with Gasteiger partial charge in [-0.3, -0.25) is 4.68 Å². The Kier molecular flexibility index (Phi) is 3.40. The number of alkyl halides is 2. The van der Waals surface area contributed by atoms with Crippen molar-refractivity contribution in [1.29, 1.82) is 0 Å². The summed E-state index contributed by atoms with van der Waals surface area (Å²) in [7, 11) is 0. The minimum absolute atomic E-state index is 0.389. The molecule has 0 aliphatic carbocycles. The first-order valence-electron chi connectivity index (χ1n) is 4.54. The van der Waals surface area contributed by atoms with Gasteiger partial charge in [-0.1, -0.05) is 4.49 Å². The van der Waals surface area contributed by atoms with Crippen LogP contribution in [0.5, 0.6) is 0 Å². The molecule has 5 nitrogen and oxygen atoms in total. The molecule has 0 fully saturated rings. The Hall–Kier alpha value is -1.57. The molecule has 1 N–H and O–H groups in total. The van der Waals surface area contributed by atoms with Crippen LogP contribution in [0.15, 0.2) is 17.8 Å². The lowest BCUT2D eigenvalue weighted by molar-refractivity contribution is 0.122. The van der Waals surface area contributed by atoms with E-state index in [2.05, 4.69) is 20.0 Å². The molecule has 0 atom stereocenters. The van der Waals surface area contributed by atoms with Gasteiger partial charge in [0, 0.05) is 11.6 Å². The minimum atomic E-state index is -2.39. The van der Waals surface area contributed by atoms with Gasteiger partial charge in [0.2, 0.25) is 0 Å². The topological polar surface area (TPSA) is 55.6 Å². The lowest BCUT2D eigenvalue weighted by atomic mass is 10.4. The molecule has 8 heteroatoms. The Morgan fingerprint density at radius 1 is 1.50 bits per heavy atom. The van der Waals surface area contributed by atoms with E-state index < -0.39 is 6.43 Å². The molecule has 0 aliphatic heterocycles. The average molecular weight is 245 g/mol. The van der Waals surface area contributed by atoms with Crippen LogP contribution in [0.2, 0.25) is 0 Å². The number of nitrogens with one attached hydrogen (secondary N) is 1. The van der Waals surface area contributed by atoms with Gasteiger partial charge in [0.25, 0.3) is 6.43 Å². The van der Waals surface area contributed by atoms with Crippen LogP contribution < -0.4 is 5.32 Å². The molecule has 0 aromatic carbocycles. The summed E-state index contributed by atoms with van der Waals surface area (Å²) >= 11 is 1.27. The minimum Gasteiger partial charge on any atom is -0.377 e. The van der Waals surface area contributed by atoms with E-state index in [1.165, 1.54) is 28.6 Å². The lowest BCUT2D eigenvalue weighted by Gasteiger charge is -1.99. The largest absolute Gasteiger partial charge is 0.377 e. The van der Waals surface area contributed by atoms with E-state index in [1.807, 2.05) is 5.38 Å². The Morgan fingerprint density at radius 2 is 2.38 bits per heavy atom. The van der Waals surface area contributed by atoms with Crippen LogP contribution in [-0.4, -0.2) is 25.8 Å². The highest BCUT2D eigenvalue weighted by Crippen LogP contribution is 2.08. The summed E-state index contributed by atoms with van der Waals surface area (Å²) < 4.78 is 29.0. The Morgan fingerprint density at radius 3 is 3.06 bits per heavy atom. The molecule has 0 bridgehead atoms. The van der Waals surface area contributed by atoms with Gasteiger partial charge in [-0.15, -0.1) is 5.10 Å². The molecule has 0 aliphatic rings. The van der Waals surface area contributed by atoms with E-state index in [4.69, 9.17) is 0 Å². The summed E-state index contributed by atoms with van der Waals surface area (Å²) in [4.78, 5) is 0. The molecular formula is C8H9F2N5S. The maximum atomic E-state index is 12.0. The number of anilines is 1. The number of hydrogen-bond acceptors (Lipinski definition) is 5. The van der Waals surface area contributed by atoms with E-state index in [0.717, 1.165) is 5.69 Å². The maximum absolute atomic E-state index is 12.0. The second-order valence-electron chi connectivity index (χ2n) is 3.09. The standard InChI is InChI=1S/C8H9F2N5S/c9-8(10)4-15-3-6(2-12-15)11-1-7-5-16-14-13-7/h2-3,5,8,11H,1,4H2. The van der Waals surface area contributed by atoms with Gasteiger partial charge in [0.15, 0.2) is 0 Å². The van der Waals surface area contributed by atoms with Crippen LogP contribution in [0.1, 0.15) is 5.69 Å². The zero-order valence-corrected chi connectivity index (χ0v) is 8.99. The molecule has 0 unspecified atom stereocenters. The number of rotatable bonds is 5. The molecule has 2 rings (SSSR count). The van der Waals surface area contributed by atoms with Gasteiger partial charge in [0.1, 0.15) is 6.54 Å². The predicted octanol–water partition coefficient (Wildman–Crippen LogP) is 1.61. The second kappa shape index (κ2) is 4.97. The molecule has 86 valence electrons. The SMILES string of the molecule is FC(F)Cn1cc(NCc2csnn2)cn1. The van der Waals surface area contributed by atoms with Crippen molar-refractivity contribution in [3.8, 4) is 0 Å². The van der Waals surface area contributed by atoms with Gasteiger partial charge >= 0.3 is 0 Å². The van der Waals surface area contributed by atoms with Crippen molar-refractivity contribution in [2.75, 3.05) is 5.32 Å². The summed E-state index contributed by atoms with van der Waals surface area (Å²) in [6.45, 7) is 0.122. The fourth-order valence-corrected chi connectivity index (χ4v) is 1.60. The molecule has 0 radical (unpaired) electrons. The number of hydrogen-bond donors (Lipinski definition) is 1. The van der Waals surface area contributed by atoms with Crippen LogP contribution in [-0.2, 0) is 13.1 Å². The first kappa shape index (κ1) is 10.9. The summed E-state index contributed by atoms with van der Waals surface area (Å²) in [6.07, 6.45) is 0.643. The normalized spacial score (nSPS) is 10.9. The van der Waals surface area contributed by atoms with Crippen LogP contribution in [0, 0.1) is 0 Å². The van der Waals surface area contributed by atoms with E-state index in [0.29, 0.717) is 12.2 Å². The summed E-state index contributed by atoms with van der Waals surface area (Å²) in [6, 6.07) is 0. The third-order valence-electron chi connectivity index (χ3n) is 1.84. The quantitative estimate of drug-likeness (QED) is 0.869. The number of halogens is 2. The van der Waals surface area contributed by atoms with Crippen molar-refractivity contribution in [3.63, 3.8) is 0 Å². The van der Waals surface area contributed by atoms with Crippen LogP contribution >= 0.6 is 11.5 Å². The molecule has 16 heavy (non-hydrogen) atoms. The van der Waals surface area contributed by atoms with Crippen molar-refractivity contribution in [2.24, 2.45) is 0 Å². The Labute approximate surface area is 94.3 Å². The lowest BCUT2D eigenvalue weighted by Crippen LogP contribution is -2.06. The monoisotopic (exact) mass is 245 g/mol. The number of nitrogens with zero attached hydrogens (tertiary/aromatic N) is 4. The van der Waals surface area contributed by atoms with Gasteiger partial charge in [-0.25, -0.2) is 8.78 Å². The first-order valence-corrected chi connectivity index (χ1v) is 5.38. The van der Waals surface area contributed by atoms with Gasteiger partial charge in [0.05, 0.1) is 24.1 Å². The summed E-state index contributed by atoms with van der Waals surface area (Å²) in [5.41, 5.74) is 1.50. The van der Waals surface area contributed by atoms with Crippen LogP contribution in [0.25, 0.3) is 0 Å². The molecule has 0 saturated carbocycles. The Bertz CT molecular complexity index is 427. The van der Waals surface area contributed by atoms with Crippen molar-refractivity contribution in [1.82, 2.24) is 19.4 Å². The van der Waals surface area contributed by atoms with Crippen molar-refractivity contribution in [2.45, 2.75) is 19.5 Å². The molecule has 0 amide bonds. The predicted molar refractivity (Wildman–Crippen MR) is 55.5 cm³/mol. The van der Waals surface area contributed by atoms with Gasteiger partial charge in [-0.2, -0.15) is 5.10 Å². The third-order valence-corrected chi connectivity index (χ3v) is 2.39. The highest BCUT2D eigenvalue weighted by atomic mass is 32.1. The highest BCUT2D eigenvalue weighted by Gasteiger charge is 2.05.